The molecule has 1 unspecified atom stereocenters. The lowest BCUT2D eigenvalue weighted by molar-refractivity contribution is -0.140. The maximum Gasteiger partial charge on any atom is 0.333 e. The van der Waals surface area contributed by atoms with Crippen LogP contribution in [0.2, 0.25) is 0 Å². The number of hydrogen-bond acceptors (Lipinski definition) is 4. The normalized spacial score (nSPS) is 31.9. The van der Waals surface area contributed by atoms with Gasteiger partial charge in [0, 0.05) is 12.0 Å². The van der Waals surface area contributed by atoms with Crippen molar-refractivity contribution in [1.29, 1.82) is 0 Å². The van der Waals surface area contributed by atoms with E-state index in [0.29, 0.717) is 5.75 Å². The molecule has 1 fully saturated rings. The van der Waals surface area contributed by atoms with Gasteiger partial charge in [-0.05, 0) is 0 Å². The van der Waals surface area contributed by atoms with Crippen LogP contribution in [0.15, 0.2) is 11.8 Å². The third-order valence-electron chi connectivity index (χ3n) is 2.10. The molecule has 2 aliphatic heterocycles. The SMILES string of the molecule is NC1C(=O)N2C=C(C(=O)O)CS[C@H]12. The van der Waals surface area contributed by atoms with Gasteiger partial charge in [0.1, 0.15) is 11.4 Å². The van der Waals surface area contributed by atoms with Crippen LogP contribution in [-0.4, -0.2) is 39.1 Å². The van der Waals surface area contributed by atoms with Crippen LogP contribution in [-0.2, 0) is 9.59 Å². The molecule has 2 rings (SSSR count). The molecule has 0 aromatic rings. The molecule has 0 spiro atoms. The van der Waals surface area contributed by atoms with E-state index in [1.807, 2.05) is 0 Å². The minimum absolute atomic E-state index is 0.0596. The highest BCUT2D eigenvalue weighted by molar-refractivity contribution is 8.00. The molecular formula is C7H8N2O3S. The van der Waals surface area contributed by atoms with Gasteiger partial charge in [0.05, 0.1) is 5.57 Å². The maximum atomic E-state index is 11.1. The molecule has 0 saturated carbocycles. The summed E-state index contributed by atoms with van der Waals surface area (Å²) in [5.74, 6) is -0.757. The van der Waals surface area contributed by atoms with E-state index in [1.165, 1.54) is 22.9 Å². The van der Waals surface area contributed by atoms with Gasteiger partial charge in [-0.15, -0.1) is 11.8 Å². The van der Waals surface area contributed by atoms with Gasteiger partial charge in [0.15, 0.2) is 0 Å². The van der Waals surface area contributed by atoms with Crippen molar-refractivity contribution in [3.05, 3.63) is 11.8 Å². The number of hydrogen-bond donors (Lipinski definition) is 2. The summed E-state index contributed by atoms with van der Waals surface area (Å²) in [5.41, 5.74) is 5.76. The molecule has 1 saturated heterocycles. The number of carbonyl (C=O) groups is 2. The molecule has 0 radical (unpaired) electrons. The first-order valence-electron chi connectivity index (χ1n) is 3.74. The van der Waals surface area contributed by atoms with Gasteiger partial charge in [-0.1, -0.05) is 0 Å². The molecule has 6 heteroatoms. The highest BCUT2D eigenvalue weighted by Gasteiger charge is 2.46. The number of nitrogens with two attached hydrogens (primary N) is 1. The maximum absolute atomic E-state index is 11.1. The first kappa shape index (κ1) is 8.58. The van der Waals surface area contributed by atoms with Gasteiger partial charge in [-0.2, -0.15) is 0 Å². The highest BCUT2D eigenvalue weighted by atomic mass is 32.2. The van der Waals surface area contributed by atoms with E-state index in [9.17, 15) is 9.59 Å². The van der Waals surface area contributed by atoms with Crippen molar-refractivity contribution in [3.8, 4) is 0 Å². The Morgan fingerprint density at radius 2 is 2.46 bits per heavy atom. The second kappa shape index (κ2) is 2.74. The molecule has 2 atom stereocenters. The Morgan fingerprint density at radius 3 is 3.08 bits per heavy atom. The fourth-order valence-electron chi connectivity index (χ4n) is 1.33. The zero-order chi connectivity index (χ0) is 9.59. The van der Waals surface area contributed by atoms with Crippen LogP contribution in [0, 0.1) is 0 Å². The molecule has 0 bridgehead atoms. The molecule has 0 aromatic heterocycles. The Hall–Kier alpha value is -1.01. The van der Waals surface area contributed by atoms with Crippen LogP contribution in [0.4, 0.5) is 0 Å². The summed E-state index contributed by atoms with van der Waals surface area (Å²) >= 11 is 1.39. The van der Waals surface area contributed by atoms with Crippen LogP contribution in [0.3, 0.4) is 0 Å². The van der Waals surface area contributed by atoms with Gasteiger partial charge in [-0.3, -0.25) is 4.79 Å². The molecule has 2 aliphatic rings. The Kier molecular flexibility index (Phi) is 1.81. The summed E-state index contributed by atoms with van der Waals surface area (Å²) in [6.07, 6.45) is 1.38. The number of amides is 1. The third-order valence-corrected chi connectivity index (χ3v) is 3.44. The molecule has 5 nitrogen and oxygen atoms in total. The largest absolute Gasteiger partial charge is 0.478 e. The van der Waals surface area contributed by atoms with Crippen molar-refractivity contribution in [2.45, 2.75) is 11.4 Å². The van der Waals surface area contributed by atoms with Gasteiger partial charge >= 0.3 is 5.97 Å². The Morgan fingerprint density at radius 1 is 1.77 bits per heavy atom. The smallest absolute Gasteiger partial charge is 0.333 e. The molecule has 2 heterocycles. The van der Waals surface area contributed by atoms with Crippen LogP contribution in [0.1, 0.15) is 0 Å². The van der Waals surface area contributed by atoms with E-state index in [4.69, 9.17) is 10.8 Å². The van der Waals surface area contributed by atoms with Crippen molar-refractivity contribution in [3.63, 3.8) is 0 Å². The summed E-state index contributed by atoms with van der Waals surface area (Å²) in [6, 6.07) is -0.461. The number of fused-ring (bicyclic) bond motifs is 1. The van der Waals surface area contributed by atoms with Crippen LogP contribution in [0.5, 0.6) is 0 Å². The fourth-order valence-corrected chi connectivity index (χ4v) is 2.53. The Labute approximate surface area is 78.6 Å². The summed E-state index contributed by atoms with van der Waals surface area (Å²) in [7, 11) is 0. The highest BCUT2D eigenvalue weighted by Crippen LogP contribution is 2.34. The zero-order valence-corrected chi connectivity index (χ0v) is 7.45. The lowest BCUT2D eigenvalue weighted by Gasteiger charge is -2.45. The molecule has 0 aromatic carbocycles. The number of nitrogens with zero attached hydrogens (tertiary/aromatic N) is 1. The van der Waals surface area contributed by atoms with Crippen molar-refractivity contribution in [2.75, 3.05) is 5.75 Å². The average Bonchev–Trinajstić information content (AvgIpc) is 2.15. The minimum atomic E-state index is -0.973. The average molecular weight is 200 g/mol. The van der Waals surface area contributed by atoms with Crippen molar-refractivity contribution >= 4 is 23.6 Å². The van der Waals surface area contributed by atoms with E-state index in [2.05, 4.69) is 0 Å². The van der Waals surface area contributed by atoms with Gasteiger partial charge in [-0.25, -0.2) is 4.79 Å². The van der Waals surface area contributed by atoms with Crippen LogP contribution in [0.25, 0.3) is 0 Å². The van der Waals surface area contributed by atoms with Gasteiger partial charge < -0.3 is 15.7 Å². The monoisotopic (exact) mass is 200 g/mol. The lowest BCUT2D eigenvalue weighted by Crippen LogP contribution is -2.66. The minimum Gasteiger partial charge on any atom is -0.478 e. The topological polar surface area (TPSA) is 83.6 Å². The lowest BCUT2D eigenvalue weighted by atomic mass is 10.1. The van der Waals surface area contributed by atoms with Crippen LogP contribution < -0.4 is 5.73 Å². The number of carboxylic acid groups (broad SMARTS) is 1. The molecule has 3 N–H and O–H groups in total. The third kappa shape index (κ3) is 1.13. The number of thioether (sulfide) groups is 1. The fraction of sp³-hybridized carbons (Fsp3) is 0.429. The second-order valence-corrected chi connectivity index (χ2v) is 4.04. The first-order valence-corrected chi connectivity index (χ1v) is 4.79. The summed E-state index contributed by atoms with van der Waals surface area (Å²) in [5, 5.41) is 8.61. The van der Waals surface area contributed by atoms with E-state index in [-0.39, 0.29) is 16.9 Å². The molecule has 0 aliphatic carbocycles. The number of carboxylic acids is 1. The first-order chi connectivity index (χ1) is 6.11. The number of β-lactam (4-membered cyclic amide) rings is 1. The standard InChI is InChI=1S/C7H8N2O3S/c8-4-5(10)9-1-3(7(11)12)2-13-6(4)9/h1,4,6H,2,8H2,(H,11,12)/t4?,6-/m1/s1. The quantitative estimate of drug-likeness (QED) is 0.541. The summed E-state index contributed by atoms with van der Waals surface area (Å²) in [6.45, 7) is 0. The van der Waals surface area contributed by atoms with Crippen molar-refractivity contribution in [1.82, 2.24) is 4.90 Å². The van der Waals surface area contributed by atoms with E-state index in [1.54, 1.807) is 0 Å². The Balaban J connectivity index is 2.20. The second-order valence-electron chi connectivity index (χ2n) is 2.93. The Bertz CT molecular complexity index is 315. The van der Waals surface area contributed by atoms with E-state index < -0.39 is 12.0 Å². The van der Waals surface area contributed by atoms with E-state index in [0.717, 1.165) is 0 Å². The zero-order valence-electron chi connectivity index (χ0n) is 6.64. The van der Waals surface area contributed by atoms with Crippen molar-refractivity contribution in [2.24, 2.45) is 5.73 Å². The van der Waals surface area contributed by atoms with Crippen molar-refractivity contribution < 1.29 is 14.7 Å². The molecule has 13 heavy (non-hydrogen) atoms. The van der Waals surface area contributed by atoms with Crippen LogP contribution >= 0.6 is 11.8 Å². The number of rotatable bonds is 1. The summed E-state index contributed by atoms with van der Waals surface area (Å²) in [4.78, 5) is 23.1. The van der Waals surface area contributed by atoms with Gasteiger partial charge in [0.2, 0.25) is 5.91 Å². The van der Waals surface area contributed by atoms with E-state index >= 15 is 0 Å². The molecule has 70 valence electrons. The number of carbonyl (C=O) groups excluding carboxylic acids is 1. The van der Waals surface area contributed by atoms with Gasteiger partial charge in [0.25, 0.3) is 0 Å². The predicted octanol–water partition coefficient (Wildman–Crippen LogP) is -0.803. The summed E-state index contributed by atoms with van der Waals surface area (Å²) < 4.78 is 0. The molecular weight excluding hydrogens is 192 g/mol. The number of aliphatic carboxylic acids is 1. The predicted molar refractivity (Wildman–Crippen MR) is 46.8 cm³/mol. The molecule has 1 amide bonds.